The first-order valence-electron chi connectivity index (χ1n) is 12.0. The monoisotopic (exact) mass is 460 g/mol. The lowest BCUT2D eigenvalue weighted by Gasteiger charge is -2.31. The number of fused-ring (bicyclic) bond motifs is 1. The summed E-state index contributed by atoms with van der Waals surface area (Å²) in [5.41, 5.74) is 8.69. The third-order valence-corrected chi connectivity index (χ3v) is 6.86. The Kier molecular flexibility index (Phi) is 5.59. The van der Waals surface area contributed by atoms with Gasteiger partial charge in [-0.1, -0.05) is 79.2 Å². The molecule has 3 aromatic carbocycles. The van der Waals surface area contributed by atoms with Crippen molar-refractivity contribution in [2.24, 2.45) is 5.92 Å². The number of benzene rings is 3. The van der Waals surface area contributed by atoms with Crippen molar-refractivity contribution in [1.29, 1.82) is 0 Å². The second-order valence-electron chi connectivity index (χ2n) is 9.04. The van der Waals surface area contributed by atoms with Gasteiger partial charge in [-0.15, -0.1) is 5.10 Å². The summed E-state index contributed by atoms with van der Waals surface area (Å²) in [6.07, 6.45) is 11.3. The van der Waals surface area contributed by atoms with Gasteiger partial charge in [0.05, 0.1) is 17.1 Å². The zero-order chi connectivity index (χ0) is 23.6. The van der Waals surface area contributed by atoms with Gasteiger partial charge in [-0.3, -0.25) is 10.2 Å². The summed E-state index contributed by atoms with van der Waals surface area (Å²) in [5, 5.41) is 13.9. The van der Waals surface area contributed by atoms with Crippen molar-refractivity contribution in [3.63, 3.8) is 0 Å². The molecule has 0 aliphatic heterocycles. The lowest BCUT2D eigenvalue weighted by molar-refractivity contribution is 0.401. The summed E-state index contributed by atoms with van der Waals surface area (Å²) in [5.74, 6) is 0.0174. The average Bonchev–Trinajstić information content (AvgIpc) is 3.52. The maximum absolute atomic E-state index is 14.4. The van der Waals surface area contributed by atoms with Crippen LogP contribution in [0, 0.1) is 11.9 Å². The van der Waals surface area contributed by atoms with Crippen molar-refractivity contribution in [3.05, 3.63) is 119 Å². The molecule has 0 saturated heterocycles. The Hall–Kier alpha value is -4.25. The number of hydrogen-bond donors (Lipinski definition) is 2. The van der Waals surface area contributed by atoms with Gasteiger partial charge in [0, 0.05) is 11.8 Å². The molecule has 5 heteroatoms. The van der Waals surface area contributed by atoms with Crippen molar-refractivity contribution < 1.29 is 4.39 Å². The van der Waals surface area contributed by atoms with Crippen LogP contribution in [0.25, 0.3) is 34.2 Å². The maximum atomic E-state index is 14.4. The molecule has 1 aliphatic rings. The number of halogens is 1. The molecule has 6 rings (SSSR count). The molecule has 5 aromatic rings. The van der Waals surface area contributed by atoms with Gasteiger partial charge in [0.25, 0.3) is 0 Å². The van der Waals surface area contributed by atoms with Crippen molar-refractivity contribution in [2.45, 2.75) is 19.3 Å². The molecular formula is C30H25FN4. The molecule has 0 spiro atoms. The highest BCUT2D eigenvalue weighted by Gasteiger charge is 2.27. The first kappa shape index (κ1) is 21.3. The van der Waals surface area contributed by atoms with Crippen LogP contribution in [-0.2, 0) is 0 Å². The van der Waals surface area contributed by atoms with E-state index in [1.54, 1.807) is 6.20 Å². The Morgan fingerprint density at radius 2 is 1.63 bits per heavy atom. The molecule has 172 valence electrons. The number of aromatic nitrogens is 4. The van der Waals surface area contributed by atoms with E-state index in [4.69, 9.17) is 0 Å². The van der Waals surface area contributed by atoms with E-state index >= 15 is 0 Å². The quantitative estimate of drug-likeness (QED) is 0.260. The third-order valence-electron chi connectivity index (χ3n) is 6.86. The van der Waals surface area contributed by atoms with Crippen LogP contribution in [0.1, 0.15) is 47.1 Å². The topological polar surface area (TPSA) is 57.4 Å². The molecule has 0 atom stereocenters. The first-order chi connectivity index (χ1) is 17.3. The van der Waals surface area contributed by atoms with Gasteiger partial charge in [-0.05, 0) is 64.3 Å². The standard InChI is InChI=1S/C30H25FN4/c31-30-26-17-25(15-16-27(26)34-35-30)29(28(23-7-4-8-23)22-5-2-1-3-6-22)24-13-11-20(12-14-24)9-10-21-18-32-33-19-21/h1-3,5-6,9-19,23H,4,7-8H2,(H,32,33)(H,34,35). The molecule has 1 fully saturated rings. The number of H-pyrrole nitrogens is 2. The summed E-state index contributed by atoms with van der Waals surface area (Å²) in [6, 6.07) is 25.1. The molecule has 0 amide bonds. The van der Waals surface area contributed by atoms with Gasteiger partial charge in [0.1, 0.15) is 0 Å². The highest BCUT2D eigenvalue weighted by atomic mass is 19.1. The molecular weight excluding hydrogens is 435 g/mol. The van der Waals surface area contributed by atoms with E-state index in [0.717, 1.165) is 27.8 Å². The molecule has 35 heavy (non-hydrogen) atoms. The van der Waals surface area contributed by atoms with Crippen LogP contribution >= 0.6 is 0 Å². The molecule has 2 heterocycles. The number of rotatable bonds is 6. The zero-order valence-electron chi connectivity index (χ0n) is 19.2. The minimum atomic E-state index is -0.467. The van der Waals surface area contributed by atoms with E-state index in [-0.39, 0.29) is 0 Å². The SMILES string of the molecule is Fc1n[nH]c2ccc(C(=C(c3ccccc3)C3CCC3)c3ccc(C=Cc4cn[nH]c4)cc3)cc12. The fourth-order valence-electron chi connectivity index (χ4n) is 4.82. The van der Waals surface area contributed by atoms with Crippen LogP contribution in [0.2, 0.25) is 0 Å². The molecule has 0 radical (unpaired) electrons. The van der Waals surface area contributed by atoms with Crippen LogP contribution in [0.5, 0.6) is 0 Å². The second-order valence-corrected chi connectivity index (χ2v) is 9.04. The van der Waals surface area contributed by atoms with E-state index in [9.17, 15) is 4.39 Å². The predicted molar refractivity (Wildman–Crippen MR) is 140 cm³/mol. The van der Waals surface area contributed by atoms with Crippen molar-refractivity contribution in [2.75, 3.05) is 0 Å². The number of allylic oxidation sites excluding steroid dienone is 1. The normalized spacial score (nSPS) is 14.9. The summed E-state index contributed by atoms with van der Waals surface area (Å²) in [4.78, 5) is 0. The molecule has 2 aromatic heterocycles. The van der Waals surface area contributed by atoms with Crippen LogP contribution < -0.4 is 0 Å². The minimum Gasteiger partial charge on any atom is -0.285 e. The highest BCUT2D eigenvalue weighted by Crippen LogP contribution is 2.45. The lowest BCUT2D eigenvalue weighted by atomic mass is 9.73. The number of nitrogens with one attached hydrogen (secondary N) is 2. The van der Waals surface area contributed by atoms with E-state index in [1.165, 1.54) is 30.4 Å². The number of aromatic amines is 2. The lowest BCUT2D eigenvalue weighted by Crippen LogP contribution is -2.15. The number of nitrogens with zero attached hydrogens (tertiary/aromatic N) is 2. The fourth-order valence-corrected chi connectivity index (χ4v) is 4.82. The largest absolute Gasteiger partial charge is 0.285 e. The Morgan fingerprint density at radius 1 is 0.857 bits per heavy atom. The summed E-state index contributed by atoms with van der Waals surface area (Å²) in [6.45, 7) is 0. The Morgan fingerprint density at radius 3 is 2.34 bits per heavy atom. The Labute approximate surface area is 203 Å². The molecule has 4 nitrogen and oxygen atoms in total. The molecule has 0 bridgehead atoms. The summed E-state index contributed by atoms with van der Waals surface area (Å²) >= 11 is 0. The average molecular weight is 461 g/mol. The minimum absolute atomic E-state index is 0.467. The van der Waals surface area contributed by atoms with Crippen LogP contribution in [0.4, 0.5) is 4.39 Å². The van der Waals surface area contributed by atoms with Crippen LogP contribution in [-0.4, -0.2) is 20.4 Å². The molecule has 0 unspecified atom stereocenters. The first-order valence-corrected chi connectivity index (χ1v) is 12.0. The Bertz CT molecular complexity index is 1510. The molecule has 1 saturated carbocycles. The highest BCUT2D eigenvalue weighted by molar-refractivity contribution is 6.01. The van der Waals surface area contributed by atoms with Gasteiger partial charge < -0.3 is 0 Å². The number of hydrogen-bond acceptors (Lipinski definition) is 2. The predicted octanol–water partition coefficient (Wildman–Crippen LogP) is 7.35. The van der Waals surface area contributed by atoms with E-state index in [1.807, 2.05) is 24.4 Å². The summed E-state index contributed by atoms with van der Waals surface area (Å²) < 4.78 is 14.4. The van der Waals surface area contributed by atoms with E-state index in [2.05, 4.69) is 87.1 Å². The zero-order valence-corrected chi connectivity index (χ0v) is 19.2. The summed E-state index contributed by atoms with van der Waals surface area (Å²) in [7, 11) is 0. The third kappa shape index (κ3) is 4.21. The fraction of sp³-hybridized carbons (Fsp3) is 0.133. The van der Waals surface area contributed by atoms with Gasteiger partial charge in [-0.2, -0.15) is 9.49 Å². The smallest absolute Gasteiger partial charge is 0.240 e. The van der Waals surface area contributed by atoms with Crippen molar-refractivity contribution in [3.8, 4) is 0 Å². The van der Waals surface area contributed by atoms with Crippen LogP contribution in [0.15, 0.2) is 85.2 Å². The van der Waals surface area contributed by atoms with E-state index < -0.39 is 5.95 Å². The van der Waals surface area contributed by atoms with Crippen molar-refractivity contribution >= 4 is 34.2 Å². The van der Waals surface area contributed by atoms with Gasteiger partial charge in [0.15, 0.2) is 0 Å². The van der Waals surface area contributed by atoms with Crippen LogP contribution in [0.3, 0.4) is 0 Å². The van der Waals surface area contributed by atoms with E-state index in [0.29, 0.717) is 16.8 Å². The van der Waals surface area contributed by atoms with Gasteiger partial charge in [0.2, 0.25) is 5.95 Å². The second kappa shape index (κ2) is 9.18. The van der Waals surface area contributed by atoms with Gasteiger partial charge in [-0.25, -0.2) is 0 Å². The Balaban J connectivity index is 1.51. The van der Waals surface area contributed by atoms with Gasteiger partial charge >= 0.3 is 0 Å². The molecule has 1 aliphatic carbocycles. The maximum Gasteiger partial charge on any atom is 0.240 e. The molecule has 2 N–H and O–H groups in total. The van der Waals surface area contributed by atoms with Crippen molar-refractivity contribution in [1.82, 2.24) is 20.4 Å².